The van der Waals surface area contributed by atoms with Crippen LogP contribution in [0.15, 0.2) is 24.3 Å². The number of methoxy groups -OCH3 is 1. The van der Waals surface area contributed by atoms with Crippen LogP contribution in [0.25, 0.3) is 0 Å². The van der Waals surface area contributed by atoms with Gasteiger partial charge < -0.3 is 4.74 Å². The minimum Gasteiger partial charge on any atom is -0.380 e. The second kappa shape index (κ2) is 4.86. The van der Waals surface area contributed by atoms with Crippen LogP contribution in [-0.2, 0) is 11.3 Å². The summed E-state index contributed by atoms with van der Waals surface area (Å²) in [7, 11) is -0.574. The van der Waals surface area contributed by atoms with Gasteiger partial charge in [-0.3, -0.25) is 0 Å². The molecule has 1 aromatic rings. The summed E-state index contributed by atoms with van der Waals surface area (Å²) in [6, 6.07) is 9.00. The van der Waals surface area contributed by atoms with Crippen LogP contribution in [0.5, 0.6) is 0 Å². The van der Waals surface area contributed by atoms with Gasteiger partial charge in [-0.2, -0.15) is 0 Å². The molecule has 0 atom stereocenters. The van der Waals surface area contributed by atoms with Gasteiger partial charge in [0.05, 0.1) is 14.2 Å². The van der Waals surface area contributed by atoms with E-state index in [2.05, 4.69) is 57.0 Å². The lowest BCUT2D eigenvalue weighted by Gasteiger charge is -2.36. The first kappa shape index (κ1) is 13.7. The quantitative estimate of drug-likeness (QED) is 0.748. The van der Waals surface area contributed by atoms with Crippen molar-refractivity contribution >= 4 is 20.4 Å². The Hall–Kier alpha value is -0.386. The van der Waals surface area contributed by atoms with Crippen LogP contribution < -0.4 is 5.19 Å². The Labute approximate surface area is 102 Å². The van der Waals surface area contributed by atoms with Crippen LogP contribution in [0.4, 0.5) is 0 Å². The molecule has 1 aromatic carbocycles. The zero-order chi connectivity index (χ0) is 12.4. The van der Waals surface area contributed by atoms with Crippen LogP contribution in [0.3, 0.4) is 0 Å². The van der Waals surface area contributed by atoms with Gasteiger partial charge in [-0.1, -0.05) is 62.2 Å². The highest BCUT2D eigenvalue weighted by Gasteiger charge is 2.38. The van der Waals surface area contributed by atoms with E-state index in [1.54, 1.807) is 12.3 Å². The number of hydrogen-bond acceptors (Lipinski definition) is 1. The van der Waals surface area contributed by atoms with E-state index in [0.717, 1.165) is 6.61 Å². The van der Waals surface area contributed by atoms with Crippen LogP contribution >= 0.6 is 0 Å². The van der Waals surface area contributed by atoms with Gasteiger partial charge in [0.15, 0.2) is 0 Å². The van der Waals surface area contributed by atoms with Crippen LogP contribution in [0, 0.1) is 0 Å². The summed E-state index contributed by atoms with van der Waals surface area (Å²) in [6.07, 6.45) is 0. The van der Waals surface area contributed by atoms with E-state index in [-0.39, 0.29) is 0 Å². The van der Waals surface area contributed by atoms with Gasteiger partial charge >= 0.3 is 0 Å². The van der Waals surface area contributed by atoms with Gasteiger partial charge in [0, 0.05) is 14.7 Å². The molecule has 0 saturated heterocycles. The van der Waals surface area contributed by atoms with Crippen molar-refractivity contribution in [2.45, 2.75) is 39.3 Å². The monoisotopic (exact) mass is 252 g/mol. The van der Waals surface area contributed by atoms with E-state index in [1.165, 1.54) is 5.56 Å². The third-order valence-electron chi connectivity index (χ3n) is 3.83. The van der Waals surface area contributed by atoms with E-state index < -0.39 is 15.2 Å². The Kier molecular flexibility index (Phi) is 4.15. The van der Waals surface area contributed by atoms with Crippen LogP contribution in [0.1, 0.15) is 5.56 Å². The van der Waals surface area contributed by atoms with Crippen molar-refractivity contribution in [3.63, 3.8) is 0 Å². The number of rotatable bonds is 4. The summed E-state index contributed by atoms with van der Waals surface area (Å²) in [5, 5.41) is 1.58. The van der Waals surface area contributed by atoms with Crippen LogP contribution in [-0.4, -0.2) is 22.3 Å². The molecule has 0 saturated carbocycles. The van der Waals surface area contributed by atoms with Crippen molar-refractivity contribution < 1.29 is 4.74 Å². The average Bonchev–Trinajstić information content (AvgIpc) is 2.17. The molecule has 0 aliphatic heterocycles. The molecule has 1 nitrogen and oxygen atoms in total. The van der Waals surface area contributed by atoms with Crippen molar-refractivity contribution in [1.29, 1.82) is 0 Å². The van der Waals surface area contributed by atoms with Gasteiger partial charge in [0.2, 0.25) is 0 Å². The predicted molar refractivity (Wildman–Crippen MR) is 77.6 cm³/mol. The molecule has 1 rings (SSSR count). The molecule has 0 radical (unpaired) electrons. The Balaban J connectivity index is 3.08. The SMILES string of the molecule is COCc1cccc([Si](C)(C)[Si](C)(C)C)c1. The molecular formula is C13H24OSi2. The molecule has 0 aliphatic rings. The van der Waals surface area contributed by atoms with Gasteiger partial charge in [-0.25, -0.2) is 0 Å². The Morgan fingerprint density at radius 2 is 1.69 bits per heavy atom. The van der Waals surface area contributed by atoms with Crippen molar-refractivity contribution in [2.24, 2.45) is 0 Å². The lowest BCUT2D eigenvalue weighted by molar-refractivity contribution is 0.185. The summed E-state index contributed by atoms with van der Waals surface area (Å²) in [5.74, 6) is 0. The third-order valence-corrected chi connectivity index (χ3v) is 21.5. The molecule has 0 heterocycles. The Bertz CT molecular complexity index is 353. The predicted octanol–water partition coefficient (Wildman–Crippen LogP) is 3.17. The van der Waals surface area contributed by atoms with E-state index in [4.69, 9.17) is 4.74 Å². The van der Waals surface area contributed by atoms with Crippen molar-refractivity contribution in [3.8, 4) is 0 Å². The summed E-state index contributed by atoms with van der Waals surface area (Å²) in [5.41, 5.74) is 1.30. The van der Waals surface area contributed by atoms with Crippen LogP contribution in [0.2, 0.25) is 32.7 Å². The molecule has 0 fully saturated rings. The minimum absolute atomic E-state index is 0.726. The molecule has 0 unspecified atom stereocenters. The topological polar surface area (TPSA) is 9.23 Å². The van der Waals surface area contributed by atoms with E-state index >= 15 is 0 Å². The maximum atomic E-state index is 5.21. The Morgan fingerprint density at radius 3 is 2.19 bits per heavy atom. The maximum Gasteiger partial charge on any atom is 0.0736 e. The molecule has 0 N–H and O–H groups in total. The van der Waals surface area contributed by atoms with Crippen molar-refractivity contribution in [3.05, 3.63) is 29.8 Å². The summed E-state index contributed by atoms with van der Waals surface area (Å²) >= 11 is 0. The zero-order valence-electron chi connectivity index (χ0n) is 11.4. The fourth-order valence-electron chi connectivity index (χ4n) is 1.65. The highest BCUT2D eigenvalue weighted by molar-refractivity contribution is 7.45. The largest absolute Gasteiger partial charge is 0.380 e. The molecule has 0 aliphatic carbocycles. The summed E-state index contributed by atoms with van der Waals surface area (Å²) < 4.78 is 5.21. The Morgan fingerprint density at radius 1 is 1.06 bits per heavy atom. The third kappa shape index (κ3) is 2.84. The van der Waals surface area contributed by atoms with Gasteiger partial charge in [0.1, 0.15) is 0 Å². The standard InChI is InChI=1S/C13H24OSi2/c1-14-11-12-8-7-9-13(10-12)16(5,6)15(2,3)4/h7-10H,11H2,1-6H3. The average molecular weight is 253 g/mol. The second-order valence-electron chi connectivity index (χ2n) is 6.01. The molecular weight excluding hydrogens is 228 g/mol. The molecule has 0 bridgehead atoms. The molecule has 0 spiro atoms. The lowest BCUT2D eigenvalue weighted by atomic mass is 10.2. The summed E-state index contributed by atoms with van der Waals surface area (Å²) in [6.45, 7) is 13.2. The molecule has 0 aromatic heterocycles. The minimum atomic E-state index is -1.26. The molecule has 16 heavy (non-hydrogen) atoms. The fourth-order valence-corrected chi connectivity index (χ4v) is 6.64. The lowest BCUT2D eigenvalue weighted by Crippen LogP contribution is -2.61. The fraction of sp³-hybridized carbons (Fsp3) is 0.538. The molecule has 0 amide bonds. The highest BCUT2D eigenvalue weighted by atomic mass is 29.3. The second-order valence-corrected chi connectivity index (χ2v) is 22.6. The number of benzene rings is 1. The molecule has 3 heteroatoms. The first-order valence-electron chi connectivity index (χ1n) is 5.87. The normalized spacial score (nSPS) is 12.9. The van der Waals surface area contributed by atoms with E-state index in [0.29, 0.717) is 0 Å². The highest BCUT2D eigenvalue weighted by Crippen LogP contribution is 2.19. The van der Waals surface area contributed by atoms with Crippen molar-refractivity contribution in [1.82, 2.24) is 0 Å². The van der Waals surface area contributed by atoms with Gasteiger partial charge in [-0.05, 0) is 5.56 Å². The maximum absolute atomic E-state index is 5.21. The van der Waals surface area contributed by atoms with Gasteiger partial charge in [-0.15, -0.1) is 0 Å². The first-order valence-corrected chi connectivity index (χ1v) is 13.4. The zero-order valence-corrected chi connectivity index (χ0v) is 13.4. The van der Waals surface area contributed by atoms with E-state index in [1.807, 2.05) is 0 Å². The van der Waals surface area contributed by atoms with E-state index in [9.17, 15) is 0 Å². The molecule has 90 valence electrons. The van der Waals surface area contributed by atoms with Gasteiger partial charge in [0.25, 0.3) is 0 Å². The van der Waals surface area contributed by atoms with Crippen molar-refractivity contribution in [2.75, 3.05) is 7.11 Å². The smallest absolute Gasteiger partial charge is 0.0736 e. The summed E-state index contributed by atoms with van der Waals surface area (Å²) in [4.78, 5) is 0. The number of hydrogen-bond donors (Lipinski definition) is 0. The number of ether oxygens (including phenoxy) is 1. The first-order chi connectivity index (χ1) is 7.29.